The average Bonchev–Trinajstić information content (AvgIpc) is 2.91. The second-order valence-corrected chi connectivity index (χ2v) is 8.14. The molecule has 0 aliphatic carbocycles. The van der Waals surface area contributed by atoms with E-state index in [1.54, 1.807) is 31.2 Å². The molecule has 1 unspecified atom stereocenters. The van der Waals surface area contributed by atoms with Gasteiger partial charge in [-0.3, -0.25) is 9.52 Å². The summed E-state index contributed by atoms with van der Waals surface area (Å²) in [6.45, 7) is 1.78. The third-order valence-corrected chi connectivity index (χ3v) is 4.92. The van der Waals surface area contributed by atoms with Crippen molar-refractivity contribution in [3.05, 3.63) is 64.8 Å². The summed E-state index contributed by atoms with van der Waals surface area (Å²) in [7, 11) is -3.43. The molecule has 0 radical (unpaired) electrons. The number of sulfonamides is 1. The molecule has 0 bridgehead atoms. The summed E-state index contributed by atoms with van der Waals surface area (Å²) >= 11 is 6.32. The highest BCUT2D eigenvalue weighted by Gasteiger charge is 2.20. The molecule has 0 aliphatic heterocycles. The quantitative estimate of drug-likeness (QED) is 0.619. The van der Waals surface area contributed by atoms with Gasteiger partial charge < -0.3 is 10.3 Å². The van der Waals surface area contributed by atoms with Gasteiger partial charge in [-0.1, -0.05) is 48.0 Å². The lowest BCUT2D eigenvalue weighted by atomic mass is 10.1. The number of para-hydroxylation sites is 2. The van der Waals surface area contributed by atoms with Gasteiger partial charge in [-0.15, -0.1) is 0 Å². The molecule has 3 aromatic rings. The zero-order valence-corrected chi connectivity index (χ0v) is 15.8. The molecule has 0 spiro atoms. The van der Waals surface area contributed by atoms with E-state index in [0.717, 1.165) is 17.2 Å². The minimum absolute atomic E-state index is 0.272. The van der Waals surface area contributed by atoms with Crippen molar-refractivity contribution in [3.63, 3.8) is 0 Å². The SMILES string of the molecule is CC(NC(=O)c1[nH]c2ccccc2c1Cl)c1ccccc1NS(C)(=O)=O. The molecular formula is C18H18ClN3O3S. The standard InChI is InChI=1S/C18H18ClN3O3S/c1-11(12-7-3-6-10-15(12)22-26(2,24)25)20-18(23)17-16(19)13-8-4-5-9-14(13)21-17/h3-11,21-22H,1-2H3,(H,20,23). The van der Waals surface area contributed by atoms with Crippen molar-refractivity contribution in [2.75, 3.05) is 11.0 Å². The maximum Gasteiger partial charge on any atom is 0.269 e. The molecule has 3 N–H and O–H groups in total. The van der Waals surface area contributed by atoms with Gasteiger partial charge in [0.05, 0.1) is 23.0 Å². The van der Waals surface area contributed by atoms with Crippen molar-refractivity contribution in [2.24, 2.45) is 0 Å². The van der Waals surface area contributed by atoms with Crippen LogP contribution in [0.4, 0.5) is 5.69 Å². The number of amides is 1. The number of carbonyl (C=O) groups is 1. The van der Waals surface area contributed by atoms with E-state index in [1.165, 1.54) is 0 Å². The first-order valence-electron chi connectivity index (χ1n) is 7.90. The van der Waals surface area contributed by atoms with Crippen molar-refractivity contribution < 1.29 is 13.2 Å². The normalized spacial score (nSPS) is 12.7. The highest BCUT2D eigenvalue weighted by molar-refractivity contribution is 7.92. The van der Waals surface area contributed by atoms with Crippen LogP contribution in [-0.4, -0.2) is 25.6 Å². The molecule has 1 heterocycles. The summed E-state index contributed by atoms with van der Waals surface area (Å²) in [5.41, 5.74) is 2.12. The summed E-state index contributed by atoms with van der Waals surface area (Å²) in [5, 5.41) is 3.98. The first-order chi connectivity index (χ1) is 12.3. The minimum Gasteiger partial charge on any atom is -0.349 e. The second-order valence-electron chi connectivity index (χ2n) is 6.02. The van der Waals surface area contributed by atoms with Crippen LogP contribution in [0.15, 0.2) is 48.5 Å². The highest BCUT2D eigenvalue weighted by atomic mass is 35.5. The number of rotatable bonds is 5. The Balaban J connectivity index is 1.87. The number of nitrogens with one attached hydrogen (secondary N) is 3. The Hall–Kier alpha value is -2.51. The smallest absolute Gasteiger partial charge is 0.269 e. The summed E-state index contributed by atoms with van der Waals surface area (Å²) in [4.78, 5) is 15.7. The lowest BCUT2D eigenvalue weighted by Crippen LogP contribution is -2.28. The van der Waals surface area contributed by atoms with Crippen LogP contribution in [0.1, 0.15) is 29.0 Å². The van der Waals surface area contributed by atoms with Crippen molar-refractivity contribution in [3.8, 4) is 0 Å². The van der Waals surface area contributed by atoms with Gasteiger partial charge in [0.2, 0.25) is 10.0 Å². The summed E-state index contributed by atoms with van der Waals surface area (Å²) in [5.74, 6) is -0.368. The minimum atomic E-state index is -3.43. The number of halogens is 1. The van der Waals surface area contributed by atoms with Crippen molar-refractivity contribution in [2.45, 2.75) is 13.0 Å². The molecule has 3 rings (SSSR count). The van der Waals surface area contributed by atoms with Crippen LogP contribution in [0.2, 0.25) is 5.02 Å². The molecule has 1 atom stereocenters. The van der Waals surface area contributed by atoms with Crippen LogP contribution in [-0.2, 0) is 10.0 Å². The van der Waals surface area contributed by atoms with E-state index in [-0.39, 0.29) is 11.6 Å². The number of hydrogen-bond donors (Lipinski definition) is 3. The molecule has 1 amide bonds. The molecular weight excluding hydrogens is 374 g/mol. The number of aromatic nitrogens is 1. The molecule has 0 saturated carbocycles. The third-order valence-electron chi connectivity index (χ3n) is 3.94. The average molecular weight is 392 g/mol. The van der Waals surface area contributed by atoms with E-state index in [0.29, 0.717) is 16.3 Å². The van der Waals surface area contributed by atoms with E-state index in [2.05, 4.69) is 15.0 Å². The largest absolute Gasteiger partial charge is 0.349 e. The van der Waals surface area contributed by atoms with Crippen molar-refractivity contribution in [1.82, 2.24) is 10.3 Å². The monoisotopic (exact) mass is 391 g/mol. The Morgan fingerprint density at radius 2 is 1.77 bits per heavy atom. The summed E-state index contributed by atoms with van der Waals surface area (Å²) in [6, 6.07) is 13.8. The fourth-order valence-electron chi connectivity index (χ4n) is 2.78. The van der Waals surface area contributed by atoms with Crippen LogP contribution in [0.5, 0.6) is 0 Å². The maximum absolute atomic E-state index is 12.6. The lowest BCUT2D eigenvalue weighted by molar-refractivity contribution is 0.0936. The predicted molar refractivity (Wildman–Crippen MR) is 104 cm³/mol. The van der Waals surface area contributed by atoms with Gasteiger partial charge in [0.25, 0.3) is 5.91 Å². The third kappa shape index (κ3) is 3.84. The highest BCUT2D eigenvalue weighted by Crippen LogP contribution is 2.28. The first kappa shape index (κ1) is 18.3. The maximum atomic E-state index is 12.6. The van der Waals surface area contributed by atoms with E-state index in [1.807, 2.05) is 24.3 Å². The van der Waals surface area contributed by atoms with Crippen LogP contribution in [0, 0.1) is 0 Å². The second kappa shape index (κ2) is 7.01. The molecule has 0 aliphatic rings. The number of H-pyrrole nitrogens is 1. The number of anilines is 1. The Bertz CT molecular complexity index is 1080. The molecule has 8 heteroatoms. The zero-order chi connectivity index (χ0) is 18.9. The van der Waals surface area contributed by atoms with E-state index in [9.17, 15) is 13.2 Å². The fraction of sp³-hybridized carbons (Fsp3) is 0.167. The van der Waals surface area contributed by atoms with Gasteiger partial charge in [0, 0.05) is 10.9 Å². The molecule has 0 saturated heterocycles. The molecule has 0 fully saturated rings. The van der Waals surface area contributed by atoms with Crippen LogP contribution in [0.3, 0.4) is 0 Å². The van der Waals surface area contributed by atoms with E-state index < -0.39 is 16.1 Å². The van der Waals surface area contributed by atoms with E-state index in [4.69, 9.17) is 11.6 Å². The molecule has 26 heavy (non-hydrogen) atoms. The van der Waals surface area contributed by atoms with Gasteiger partial charge in [0.15, 0.2) is 0 Å². The van der Waals surface area contributed by atoms with Crippen molar-refractivity contribution >= 4 is 44.1 Å². The fourth-order valence-corrected chi connectivity index (χ4v) is 3.66. The number of fused-ring (bicyclic) bond motifs is 1. The van der Waals surface area contributed by atoms with Crippen LogP contribution < -0.4 is 10.0 Å². The topological polar surface area (TPSA) is 91.1 Å². The van der Waals surface area contributed by atoms with Crippen LogP contribution >= 0.6 is 11.6 Å². The summed E-state index contributed by atoms with van der Waals surface area (Å²) in [6.07, 6.45) is 1.08. The Morgan fingerprint density at radius 1 is 1.12 bits per heavy atom. The van der Waals surface area contributed by atoms with E-state index >= 15 is 0 Å². The van der Waals surface area contributed by atoms with Gasteiger partial charge in [-0.05, 0) is 24.6 Å². The van der Waals surface area contributed by atoms with Crippen LogP contribution in [0.25, 0.3) is 10.9 Å². The Labute approximate surface area is 156 Å². The van der Waals surface area contributed by atoms with Gasteiger partial charge in [-0.2, -0.15) is 0 Å². The predicted octanol–water partition coefficient (Wildman–Crippen LogP) is 3.68. The molecule has 1 aromatic heterocycles. The van der Waals surface area contributed by atoms with Gasteiger partial charge >= 0.3 is 0 Å². The zero-order valence-electron chi connectivity index (χ0n) is 14.2. The number of hydrogen-bond acceptors (Lipinski definition) is 3. The molecule has 136 valence electrons. The number of carbonyl (C=O) groups excluding carboxylic acids is 1. The first-order valence-corrected chi connectivity index (χ1v) is 10.2. The Morgan fingerprint density at radius 3 is 2.46 bits per heavy atom. The number of aromatic amines is 1. The van der Waals surface area contributed by atoms with Gasteiger partial charge in [-0.25, -0.2) is 8.42 Å². The van der Waals surface area contributed by atoms with Crippen molar-refractivity contribution in [1.29, 1.82) is 0 Å². The number of benzene rings is 2. The molecule has 6 nitrogen and oxygen atoms in total. The lowest BCUT2D eigenvalue weighted by Gasteiger charge is -2.18. The summed E-state index contributed by atoms with van der Waals surface area (Å²) < 4.78 is 25.5. The molecule has 2 aromatic carbocycles. The van der Waals surface area contributed by atoms with Gasteiger partial charge in [0.1, 0.15) is 5.69 Å². The Kier molecular flexibility index (Phi) is 4.93.